The highest BCUT2D eigenvalue weighted by Crippen LogP contribution is 2.19. The zero-order chi connectivity index (χ0) is 12.1. The topological polar surface area (TPSA) is 26.3 Å². The molecule has 1 rings (SSSR count). The van der Waals surface area contributed by atoms with Gasteiger partial charge >= 0.3 is 5.97 Å². The van der Waals surface area contributed by atoms with Crippen LogP contribution in [0.25, 0.3) is 0 Å². The molecule has 0 spiro atoms. The smallest absolute Gasteiger partial charge is 0.322 e. The van der Waals surface area contributed by atoms with E-state index in [1.165, 1.54) is 5.56 Å². The third-order valence-electron chi connectivity index (χ3n) is 2.55. The zero-order valence-electron chi connectivity index (χ0n) is 9.87. The zero-order valence-corrected chi connectivity index (χ0v) is 12.0. The number of hydrogen-bond donors (Lipinski definition) is 0. The average molecular weight is 332 g/mol. The molecule has 3 heteroatoms. The van der Waals surface area contributed by atoms with Gasteiger partial charge in [-0.05, 0) is 30.4 Å². The molecule has 0 fully saturated rings. The SMILES string of the molecule is CC(C)Cc1ccc(C(C)C(=O)OI)cc1. The van der Waals surface area contributed by atoms with Gasteiger partial charge < -0.3 is 3.07 Å². The van der Waals surface area contributed by atoms with Gasteiger partial charge in [0.25, 0.3) is 0 Å². The summed E-state index contributed by atoms with van der Waals surface area (Å²) >= 11 is 1.63. The summed E-state index contributed by atoms with van der Waals surface area (Å²) in [6.07, 6.45) is 1.07. The minimum absolute atomic E-state index is 0.190. The van der Waals surface area contributed by atoms with Crippen LogP contribution in [-0.4, -0.2) is 5.97 Å². The highest BCUT2D eigenvalue weighted by atomic mass is 127. The van der Waals surface area contributed by atoms with Gasteiger partial charge in [0, 0.05) is 0 Å². The standard InChI is InChI=1S/C13H17IO2/c1-9(2)8-11-4-6-12(7-5-11)10(3)13(15)16-14/h4-7,9-10H,8H2,1-3H3. The highest BCUT2D eigenvalue weighted by molar-refractivity contribution is 14.1. The van der Waals surface area contributed by atoms with Crippen LogP contribution in [0.4, 0.5) is 0 Å². The molecule has 16 heavy (non-hydrogen) atoms. The highest BCUT2D eigenvalue weighted by Gasteiger charge is 2.15. The van der Waals surface area contributed by atoms with Gasteiger partial charge in [-0.1, -0.05) is 38.1 Å². The molecule has 1 atom stereocenters. The molecule has 0 amide bonds. The molecule has 0 aliphatic carbocycles. The average Bonchev–Trinajstić information content (AvgIpc) is 2.27. The first-order valence-corrected chi connectivity index (χ1v) is 6.34. The molecule has 0 N–H and O–H groups in total. The van der Waals surface area contributed by atoms with E-state index < -0.39 is 0 Å². The quantitative estimate of drug-likeness (QED) is 0.782. The van der Waals surface area contributed by atoms with E-state index in [4.69, 9.17) is 3.07 Å². The van der Waals surface area contributed by atoms with E-state index in [0.29, 0.717) is 5.92 Å². The van der Waals surface area contributed by atoms with Gasteiger partial charge in [0.2, 0.25) is 0 Å². The Labute approximate surface area is 111 Å². The van der Waals surface area contributed by atoms with E-state index in [-0.39, 0.29) is 11.9 Å². The van der Waals surface area contributed by atoms with Gasteiger partial charge in [-0.25, -0.2) is 0 Å². The molecule has 0 bridgehead atoms. The van der Waals surface area contributed by atoms with E-state index >= 15 is 0 Å². The van der Waals surface area contributed by atoms with Gasteiger partial charge in [0.1, 0.15) is 0 Å². The summed E-state index contributed by atoms with van der Waals surface area (Å²) < 4.78 is 4.69. The van der Waals surface area contributed by atoms with Crippen LogP contribution >= 0.6 is 23.0 Å². The van der Waals surface area contributed by atoms with Gasteiger partial charge in [-0.2, -0.15) is 0 Å². The van der Waals surface area contributed by atoms with Crippen molar-refractivity contribution in [3.63, 3.8) is 0 Å². The van der Waals surface area contributed by atoms with Gasteiger partial charge in [-0.15, -0.1) is 0 Å². The second kappa shape index (κ2) is 6.23. The Morgan fingerprint density at radius 3 is 2.25 bits per heavy atom. The second-order valence-corrected chi connectivity index (χ2v) is 4.90. The van der Waals surface area contributed by atoms with Crippen molar-refractivity contribution in [1.29, 1.82) is 0 Å². The Morgan fingerprint density at radius 1 is 1.25 bits per heavy atom. The molecule has 1 aromatic rings. The van der Waals surface area contributed by atoms with Crippen LogP contribution in [0.15, 0.2) is 24.3 Å². The maximum absolute atomic E-state index is 11.3. The first-order valence-electron chi connectivity index (χ1n) is 5.46. The summed E-state index contributed by atoms with van der Waals surface area (Å²) in [7, 11) is 0. The van der Waals surface area contributed by atoms with E-state index in [1.807, 2.05) is 19.1 Å². The lowest BCUT2D eigenvalue weighted by Crippen LogP contribution is -2.08. The Hall–Kier alpha value is -0.580. The number of halogens is 1. The van der Waals surface area contributed by atoms with Crippen LogP contribution in [0.5, 0.6) is 0 Å². The fourth-order valence-corrected chi connectivity index (χ4v) is 2.00. The summed E-state index contributed by atoms with van der Waals surface area (Å²) in [5, 5.41) is 0. The Bertz CT molecular complexity index is 343. The van der Waals surface area contributed by atoms with E-state index in [9.17, 15) is 4.79 Å². The van der Waals surface area contributed by atoms with Crippen molar-refractivity contribution in [3.05, 3.63) is 35.4 Å². The number of carbonyl (C=O) groups excluding carboxylic acids is 1. The minimum atomic E-state index is -0.197. The summed E-state index contributed by atoms with van der Waals surface area (Å²) in [6, 6.07) is 8.20. The second-order valence-electron chi connectivity index (χ2n) is 4.46. The number of carbonyl (C=O) groups is 1. The van der Waals surface area contributed by atoms with Crippen LogP contribution in [-0.2, 0) is 14.3 Å². The molecule has 2 nitrogen and oxygen atoms in total. The molecular weight excluding hydrogens is 315 g/mol. The molecule has 1 unspecified atom stereocenters. The summed E-state index contributed by atoms with van der Waals surface area (Å²) in [4.78, 5) is 11.3. The first kappa shape index (κ1) is 13.5. The molecule has 0 heterocycles. The normalized spacial score (nSPS) is 12.6. The molecule has 0 aliphatic heterocycles. The summed E-state index contributed by atoms with van der Waals surface area (Å²) in [5.41, 5.74) is 2.32. The van der Waals surface area contributed by atoms with Crippen LogP contribution < -0.4 is 0 Å². The lowest BCUT2D eigenvalue weighted by Gasteiger charge is -2.10. The molecule has 0 saturated carbocycles. The van der Waals surface area contributed by atoms with Crippen molar-refractivity contribution in [1.82, 2.24) is 0 Å². The van der Waals surface area contributed by atoms with Crippen molar-refractivity contribution in [3.8, 4) is 0 Å². The van der Waals surface area contributed by atoms with Crippen molar-refractivity contribution in [2.75, 3.05) is 0 Å². The number of rotatable bonds is 4. The van der Waals surface area contributed by atoms with Crippen LogP contribution in [0.1, 0.15) is 37.8 Å². The molecule has 88 valence electrons. The predicted octanol–water partition coefficient (Wildman–Crippen LogP) is 3.88. The maximum atomic E-state index is 11.3. The Kier molecular flexibility index (Phi) is 5.25. The summed E-state index contributed by atoms with van der Waals surface area (Å²) in [5.74, 6) is 0.268. The van der Waals surface area contributed by atoms with Crippen molar-refractivity contribution < 1.29 is 7.86 Å². The van der Waals surface area contributed by atoms with E-state index in [2.05, 4.69) is 26.0 Å². The molecule has 0 aromatic heterocycles. The maximum Gasteiger partial charge on any atom is 0.322 e. The number of benzene rings is 1. The van der Waals surface area contributed by atoms with Gasteiger partial charge in [-0.3, -0.25) is 4.79 Å². The Morgan fingerprint density at radius 2 is 1.81 bits per heavy atom. The van der Waals surface area contributed by atoms with Crippen molar-refractivity contribution >= 4 is 29.0 Å². The fourth-order valence-electron chi connectivity index (χ4n) is 1.62. The van der Waals surface area contributed by atoms with Crippen LogP contribution in [0, 0.1) is 5.92 Å². The molecule has 0 radical (unpaired) electrons. The fraction of sp³-hybridized carbons (Fsp3) is 0.462. The summed E-state index contributed by atoms with van der Waals surface area (Å²) in [6.45, 7) is 6.26. The minimum Gasteiger partial charge on any atom is -0.394 e. The largest absolute Gasteiger partial charge is 0.394 e. The van der Waals surface area contributed by atoms with Gasteiger partial charge in [0.15, 0.2) is 23.0 Å². The monoisotopic (exact) mass is 332 g/mol. The third kappa shape index (κ3) is 3.77. The molecule has 0 saturated heterocycles. The van der Waals surface area contributed by atoms with Crippen molar-refractivity contribution in [2.24, 2.45) is 5.92 Å². The first-order chi connectivity index (χ1) is 7.54. The molecular formula is C13H17IO2. The van der Waals surface area contributed by atoms with E-state index in [0.717, 1.165) is 12.0 Å². The number of hydrogen-bond acceptors (Lipinski definition) is 2. The molecule has 1 aromatic carbocycles. The lowest BCUT2D eigenvalue weighted by atomic mass is 9.97. The van der Waals surface area contributed by atoms with Crippen LogP contribution in [0.2, 0.25) is 0 Å². The predicted molar refractivity (Wildman–Crippen MR) is 73.5 cm³/mol. The van der Waals surface area contributed by atoms with E-state index in [1.54, 1.807) is 23.0 Å². The third-order valence-corrected chi connectivity index (χ3v) is 2.99. The molecule has 0 aliphatic rings. The lowest BCUT2D eigenvalue weighted by molar-refractivity contribution is -0.132. The van der Waals surface area contributed by atoms with Crippen LogP contribution in [0.3, 0.4) is 0 Å². The van der Waals surface area contributed by atoms with Gasteiger partial charge in [0.05, 0.1) is 5.92 Å². The van der Waals surface area contributed by atoms with Crippen molar-refractivity contribution in [2.45, 2.75) is 33.1 Å². The Balaban J connectivity index is 2.74.